The molecule has 0 aliphatic carbocycles. The van der Waals surface area contributed by atoms with E-state index in [1.807, 2.05) is 24.3 Å². The van der Waals surface area contributed by atoms with Crippen molar-refractivity contribution in [1.82, 2.24) is 25.4 Å². The van der Waals surface area contributed by atoms with Gasteiger partial charge >= 0.3 is 0 Å². The third-order valence-electron chi connectivity index (χ3n) is 4.68. The van der Waals surface area contributed by atoms with Gasteiger partial charge in [-0.2, -0.15) is 4.98 Å². The molecule has 4 rings (SSSR count). The Labute approximate surface area is 161 Å². The molecule has 3 aromatic rings. The second-order valence-electron chi connectivity index (χ2n) is 6.58. The molecule has 2 aromatic heterocycles. The zero-order valence-corrected chi connectivity index (χ0v) is 15.7. The van der Waals surface area contributed by atoms with Gasteiger partial charge in [-0.05, 0) is 18.1 Å². The lowest BCUT2D eigenvalue weighted by Crippen LogP contribution is -2.26. The fraction of sp³-hybridized carbons (Fsp3) is 0.368. The number of fused-ring (bicyclic) bond motifs is 1. The molecular weight excluding hydrogens is 362 g/mol. The van der Waals surface area contributed by atoms with Gasteiger partial charge in [0.25, 0.3) is 5.91 Å². The van der Waals surface area contributed by atoms with Crippen molar-refractivity contribution in [3.8, 4) is 5.75 Å². The number of nitrogens with zero attached hydrogens (tertiary/aromatic N) is 3. The number of hydrogen-bond donors (Lipinski definition) is 2. The number of para-hydroxylation sites is 1. The summed E-state index contributed by atoms with van der Waals surface area (Å²) in [5.41, 5.74) is 2.25. The number of methoxy groups -OCH3 is 2. The molecule has 0 saturated heterocycles. The van der Waals surface area contributed by atoms with E-state index in [1.54, 1.807) is 14.2 Å². The lowest BCUT2D eigenvalue weighted by atomic mass is 9.93. The number of benzene rings is 1. The molecule has 0 bridgehead atoms. The zero-order chi connectivity index (χ0) is 19.5. The molecule has 1 aromatic carbocycles. The topological polar surface area (TPSA) is 115 Å². The van der Waals surface area contributed by atoms with Gasteiger partial charge in [0, 0.05) is 25.3 Å². The summed E-state index contributed by atoms with van der Waals surface area (Å²) in [6.45, 7) is 0.796. The average molecular weight is 383 g/mol. The van der Waals surface area contributed by atoms with Gasteiger partial charge < -0.3 is 24.3 Å². The Morgan fingerprint density at radius 2 is 2.11 bits per heavy atom. The van der Waals surface area contributed by atoms with Crippen molar-refractivity contribution in [1.29, 1.82) is 0 Å². The maximum absolute atomic E-state index is 12.5. The molecule has 1 atom stereocenters. The van der Waals surface area contributed by atoms with Gasteiger partial charge in [0.15, 0.2) is 5.82 Å². The number of carbonyl (C=O) groups is 1. The van der Waals surface area contributed by atoms with Crippen LogP contribution in [0.4, 0.5) is 0 Å². The number of hydrogen-bond acceptors (Lipinski definition) is 7. The van der Waals surface area contributed by atoms with Crippen LogP contribution in [0.5, 0.6) is 5.75 Å². The standard InChI is InChI=1S/C19H21N5O4/c1-26-10-16-22-17(28-24-16)8-15-21-13-7-11(9-20-19(25)18(13)23-15)12-5-3-4-6-14(12)27-2/h3-6,11H,7-10H2,1-2H3,(H,20,25)(H,21,23)/t11-/m0/s1. The number of nitrogens with one attached hydrogen (secondary N) is 2. The highest BCUT2D eigenvalue weighted by atomic mass is 16.5. The predicted molar refractivity (Wildman–Crippen MR) is 98.2 cm³/mol. The summed E-state index contributed by atoms with van der Waals surface area (Å²) >= 11 is 0. The van der Waals surface area contributed by atoms with Gasteiger partial charge in [-0.25, -0.2) is 4.98 Å². The molecule has 1 aliphatic rings. The van der Waals surface area contributed by atoms with E-state index < -0.39 is 0 Å². The summed E-state index contributed by atoms with van der Waals surface area (Å²) in [5, 5.41) is 6.79. The van der Waals surface area contributed by atoms with Gasteiger partial charge in [0.05, 0.1) is 13.5 Å². The molecule has 0 fully saturated rings. The minimum absolute atomic E-state index is 0.0753. The van der Waals surface area contributed by atoms with E-state index in [2.05, 4.69) is 25.4 Å². The third kappa shape index (κ3) is 3.61. The third-order valence-corrected chi connectivity index (χ3v) is 4.68. The van der Waals surface area contributed by atoms with Crippen molar-refractivity contribution in [3.63, 3.8) is 0 Å². The Morgan fingerprint density at radius 3 is 2.93 bits per heavy atom. The van der Waals surface area contributed by atoms with Crippen LogP contribution in [0.3, 0.4) is 0 Å². The molecule has 9 heteroatoms. The Hall–Kier alpha value is -3.20. The molecule has 0 radical (unpaired) electrons. The number of H-pyrrole nitrogens is 1. The first-order chi connectivity index (χ1) is 13.7. The number of rotatable bonds is 6. The van der Waals surface area contributed by atoms with Crippen LogP contribution in [0.2, 0.25) is 0 Å². The molecule has 28 heavy (non-hydrogen) atoms. The molecule has 0 saturated carbocycles. The van der Waals surface area contributed by atoms with E-state index in [9.17, 15) is 4.79 Å². The summed E-state index contributed by atoms with van der Waals surface area (Å²) < 4.78 is 15.7. The van der Waals surface area contributed by atoms with Crippen molar-refractivity contribution in [2.75, 3.05) is 20.8 Å². The quantitative estimate of drug-likeness (QED) is 0.664. The summed E-state index contributed by atoms with van der Waals surface area (Å²) in [7, 11) is 3.21. The normalized spacial score (nSPS) is 16.4. The highest BCUT2D eigenvalue weighted by Gasteiger charge is 2.28. The molecule has 9 nitrogen and oxygen atoms in total. The largest absolute Gasteiger partial charge is 0.496 e. The van der Waals surface area contributed by atoms with E-state index >= 15 is 0 Å². The second kappa shape index (κ2) is 7.81. The molecule has 0 spiro atoms. The van der Waals surface area contributed by atoms with Crippen molar-refractivity contribution < 1.29 is 18.8 Å². The zero-order valence-electron chi connectivity index (χ0n) is 15.7. The molecule has 146 valence electrons. The maximum atomic E-state index is 12.5. The van der Waals surface area contributed by atoms with Gasteiger partial charge in [0.2, 0.25) is 5.89 Å². The van der Waals surface area contributed by atoms with Crippen LogP contribution < -0.4 is 10.1 Å². The first-order valence-electron chi connectivity index (χ1n) is 8.97. The monoisotopic (exact) mass is 383 g/mol. The summed E-state index contributed by atoms with van der Waals surface area (Å²) in [5.74, 6) is 2.18. The summed E-state index contributed by atoms with van der Waals surface area (Å²) in [6, 6.07) is 7.85. The van der Waals surface area contributed by atoms with Gasteiger partial charge in [-0.3, -0.25) is 4.79 Å². The minimum Gasteiger partial charge on any atom is -0.496 e. The maximum Gasteiger partial charge on any atom is 0.271 e. The number of imidazole rings is 1. The molecular formula is C19H21N5O4. The highest BCUT2D eigenvalue weighted by molar-refractivity contribution is 5.94. The molecule has 2 N–H and O–H groups in total. The molecule has 1 amide bonds. The molecule has 1 aliphatic heterocycles. The van der Waals surface area contributed by atoms with Crippen LogP contribution in [-0.2, 0) is 24.2 Å². The van der Waals surface area contributed by atoms with Crippen LogP contribution in [0.1, 0.15) is 45.2 Å². The van der Waals surface area contributed by atoms with Crippen molar-refractivity contribution >= 4 is 5.91 Å². The molecule has 3 heterocycles. The fourth-order valence-electron chi connectivity index (χ4n) is 3.42. The van der Waals surface area contributed by atoms with E-state index in [-0.39, 0.29) is 18.4 Å². The van der Waals surface area contributed by atoms with Crippen LogP contribution in [0, 0.1) is 0 Å². The number of ether oxygens (including phenoxy) is 2. The predicted octanol–water partition coefficient (Wildman–Crippen LogP) is 1.61. The Kier molecular flexibility index (Phi) is 5.07. The van der Waals surface area contributed by atoms with E-state index in [0.717, 1.165) is 17.0 Å². The van der Waals surface area contributed by atoms with Crippen LogP contribution in [0.25, 0.3) is 0 Å². The minimum atomic E-state index is -0.194. The number of amides is 1. The second-order valence-corrected chi connectivity index (χ2v) is 6.58. The van der Waals surface area contributed by atoms with Crippen molar-refractivity contribution in [2.45, 2.75) is 25.4 Å². The van der Waals surface area contributed by atoms with Crippen LogP contribution in [0.15, 0.2) is 28.8 Å². The highest BCUT2D eigenvalue weighted by Crippen LogP contribution is 2.30. The Balaban J connectivity index is 1.58. The van der Waals surface area contributed by atoms with Crippen molar-refractivity contribution in [3.05, 3.63) is 58.8 Å². The van der Waals surface area contributed by atoms with Crippen molar-refractivity contribution in [2.24, 2.45) is 0 Å². The summed E-state index contributed by atoms with van der Waals surface area (Å²) in [4.78, 5) is 24.5. The lowest BCUT2D eigenvalue weighted by molar-refractivity contribution is 0.0950. The first kappa shape index (κ1) is 18.2. The number of aromatic amines is 1. The van der Waals surface area contributed by atoms with E-state index in [4.69, 9.17) is 14.0 Å². The number of aromatic nitrogens is 4. The van der Waals surface area contributed by atoms with Crippen LogP contribution >= 0.6 is 0 Å². The number of carbonyl (C=O) groups excluding carboxylic acids is 1. The van der Waals surface area contributed by atoms with E-state index in [0.29, 0.717) is 42.6 Å². The first-order valence-corrected chi connectivity index (χ1v) is 8.97. The fourth-order valence-corrected chi connectivity index (χ4v) is 3.42. The van der Waals surface area contributed by atoms with Gasteiger partial charge in [-0.1, -0.05) is 23.4 Å². The Bertz CT molecular complexity index is 980. The SMILES string of the molecule is COCc1noc(Cc2nc3c([nH]2)C[C@H](c2ccccc2OC)CNC3=O)n1. The van der Waals surface area contributed by atoms with Gasteiger partial charge in [0.1, 0.15) is 23.9 Å². The average Bonchev–Trinajstić information content (AvgIpc) is 3.28. The smallest absolute Gasteiger partial charge is 0.271 e. The Morgan fingerprint density at radius 1 is 1.25 bits per heavy atom. The van der Waals surface area contributed by atoms with E-state index in [1.165, 1.54) is 0 Å². The van der Waals surface area contributed by atoms with Crippen LogP contribution in [-0.4, -0.2) is 46.8 Å². The lowest BCUT2D eigenvalue weighted by Gasteiger charge is -2.17. The van der Waals surface area contributed by atoms with Gasteiger partial charge in [-0.15, -0.1) is 0 Å². The summed E-state index contributed by atoms with van der Waals surface area (Å²) in [6.07, 6.45) is 0.955. The molecule has 0 unspecified atom stereocenters.